The summed E-state index contributed by atoms with van der Waals surface area (Å²) in [6.45, 7) is 5.18. The van der Waals surface area contributed by atoms with Gasteiger partial charge in [-0.3, -0.25) is 4.79 Å². The topological polar surface area (TPSA) is 80.5 Å². The predicted octanol–water partition coefficient (Wildman–Crippen LogP) is 3.89. The first kappa shape index (κ1) is 20.0. The van der Waals surface area contributed by atoms with Gasteiger partial charge in [-0.15, -0.1) is 4.48 Å². The first-order chi connectivity index (χ1) is 11.6. The van der Waals surface area contributed by atoms with Gasteiger partial charge in [-0.2, -0.15) is 16.7 Å². The van der Waals surface area contributed by atoms with Crippen LogP contribution in [-0.4, -0.2) is 46.0 Å². The maximum Gasteiger partial charge on any atom is 0.440 e. The molecule has 1 unspecified atom stereocenters. The Bertz CT molecular complexity index is 721. The zero-order valence-electron chi connectivity index (χ0n) is 14.2. The highest BCUT2D eigenvalue weighted by Crippen LogP contribution is 2.38. The molecule has 1 aromatic carbocycles. The van der Waals surface area contributed by atoms with Gasteiger partial charge < -0.3 is 5.73 Å². The minimum absolute atomic E-state index is 0.229. The largest absolute Gasteiger partial charge is 0.440 e. The van der Waals surface area contributed by atoms with Crippen molar-refractivity contribution in [2.75, 3.05) is 23.0 Å². The fourth-order valence-electron chi connectivity index (χ4n) is 2.95. The van der Waals surface area contributed by atoms with Gasteiger partial charge in [0.25, 0.3) is 5.91 Å². The zero-order valence-corrected chi connectivity index (χ0v) is 16.5. The van der Waals surface area contributed by atoms with Gasteiger partial charge in [-0.05, 0) is 37.8 Å². The Morgan fingerprint density at radius 1 is 1.28 bits per heavy atom. The van der Waals surface area contributed by atoms with Gasteiger partial charge in [0.2, 0.25) is 0 Å². The molecular weight excluding hydrogens is 385 g/mol. The van der Waals surface area contributed by atoms with E-state index in [4.69, 9.17) is 28.9 Å². The van der Waals surface area contributed by atoms with Gasteiger partial charge in [0, 0.05) is 15.8 Å². The van der Waals surface area contributed by atoms with Crippen LogP contribution in [-0.2, 0) is 4.79 Å². The number of primary amides is 1. The SMILES string of the molecule is CCSCC(C)(C)[N+]1(C(N)=O)CC(=O)N(c2cc(Cl)cc(Cl)c2)C1=O. The predicted molar refractivity (Wildman–Crippen MR) is 101 cm³/mol. The molecule has 2 rings (SSSR count). The summed E-state index contributed by atoms with van der Waals surface area (Å²) in [7, 11) is 0. The number of halogens is 2. The van der Waals surface area contributed by atoms with Gasteiger partial charge in [0.1, 0.15) is 5.54 Å². The molecule has 9 heteroatoms. The van der Waals surface area contributed by atoms with Gasteiger partial charge in [0.05, 0.1) is 5.69 Å². The highest BCUT2D eigenvalue weighted by Gasteiger charge is 2.64. The lowest BCUT2D eigenvalue weighted by Gasteiger charge is -2.39. The van der Waals surface area contributed by atoms with Gasteiger partial charge >= 0.3 is 12.1 Å². The summed E-state index contributed by atoms with van der Waals surface area (Å²) < 4.78 is -0.761. The highest BCUT2D eigenvalue weighted by atomic mass is 35.5. The molecule has 25 heavy (non-hydrogen) atoms. The van der Waals surface area contributed by atoms with E-state index in [2.05, 4.69) is 0 Å². The van der Waals surface area contributed by atoms with Crippen molar-refractivity contribution in [3.05, 3.63) is 28.2 Å². The quantitative estimate of drug-likeness (QED) is 0.596. The maximum absolute atomic E-state index is 13.2. The van der Waals surface area contributed by atoms with Gasteiger partial charge in [-0.25, -0.2) is 9.59 Å². The lowest BCUT2D eigenvalue weighted by atomic mass is 10.0. The van der Waals surface area contributed by atoms with Crippen LogP contribution >= 0.6 is 35.0 Å². The Morgan fingerprint density at radius 3 is 2.32 bits per heavy atom. The minimum atomic E-state index is -0.851. The van der Waals surface area contributed by atoms with E-state index in [0.717, 1.165) is 10.7 Å². The van der Waals surface area contributed by atoms with Crippen molar-refractivity contribution >= 4 is 58.6 Å². The summed E-state index contributed by atoms with van der Waals surface area (Å²) in [5.74, 6) is 0.796. The molecule has 5 amide bonds. The number of carbonyl (C=O) groups is 3. The second-order valence-corrected chi connectivity index (χ2v) is 8.54. The van der Waals surface area contributed by atoms with Crippen LogP contribution in [0.1, 0.15) is 20.8 Å². The average molecular weight is 405 g/mol. The fraction of sp³-hybridized carbons (Fsp3) is 0.438. The van der Waals surface area contributed by atoms with Crippen molar-refractivity contribution < 1.29 is 18.9 Å². The zero-order chi connectivity index (χ0) is 19.0. The number of hydrogen-bond acceptors (Lipinski definition) is 4. The van der Waals surface area contributed by atoms with E-state index >= 15 is 0 Å². The molecule has 1 aliphatic heterocycles. The van der Waals surface area contributed by atoms with Crippen molar-refractivity contribution in [3.63, 3.8) is 0 Å². The molecule has 6 nitrogen and oxygen atoms in total. The number of rotatable bonds is 5. The standard InChI is InChI=1S/C16H19Cl2N3O3S/c1-4-25-9-16(2,3)21(14(19)23)8-13(22)20(15(21)24)12-6-10(17)5-11(18)7-12/h5-7H,4,8-9H2,1-3H3,(H-,19,23)/p+1. The number of imide groups is 2. The first-order valence-corrected chi connectivity index (χ1v) is 9.57. The molecule has 0 saturated carbocycles. The monoisotopic (exact) mass is 404 g/mol. The summed E-state index contributed by atoms with van der Waals surface area (Å²) >= 11 is 13.5. The summed E-state index contributed by atoms with van der Waals surface area (Å²) in [5.41, 5.74) is 4.99. The Kier molecular flexibility index (Phi) is 5.73. The van der Waals surface area contributed by atoms with Crippen LogP contribution in [0.2, 0.25) is 10.0 Å². The molecule has 1 aliphatic rings. The van der Waals surface area contributed by atoms with E-state index in [9.17, 15) is 14.4 Å². The highest BCUT2D eigenvalue weighted by molar-refractivity contribution is 7.99. The number of anilines is 1. The number of hydrogen-bond donors (Lipinski definition) is 1. The molecule has 0 spiro atoms. The Hall–Kier alpha value is -1.28. The smallest absolute Gasteiger partial charge is 0.318 e. The molecule has 136 valence electrons. The van der Waals surface area contributed by atoms with E-state index < -0.39 is 28.0 Å². The summed E-state index contributed by atoms with van der Waals surface area (Å²) in [6.07, 6.45) is 0. The van der Waals surface area contributed by atoms with Crippen LogP contribution in [0.4, 0.5) is 15.3 Å². The van der Waals surface area contributed by atoms with E-state index in [1.54, 1.807) is 25.6 Å². The van der Waals surface area contributed by atoms with Crippen molar-refractivity contribution in [2.45, 2.75) is 26.3 Å². The second kappa shape index (κ2) is 7.15. The molecule has 0 aromatic heterocycles. The third kappa shape index (κ3) is 3.38. The van der Waals surface area contributed by atoms with Crippen LogP contribution < -0.4 is 10.6 Å². The van der Waals surface area contributed by atoms with Crippen LogP contribution in [0.25, 0.3) is 0 Å². The number of carbonyl (C=O) groups excluding carboxylic acids is 3. The van der Waals surface area contributed by atoms with E-state index in [0.29, 0.717) is 5.75 Å². The number of thioether (sulfide) groups is 1. The number of benzene rings is 1. The molecular formula is C16H20Cl2N3O3S+. The fourth-order valence-corrected chi connectivity index (χ4v) is 4.39. The van der Waals surface area contributed by atoms with Gasteiger partial charge in [0.15, 0.2) is 6.54 Å². The molecule has 0 aliphatic carbocycles. The Balaban J connectivity index is 2.54. The Labute approximate surface area is 160 Å². The molecule has 1 heterocycles. The molecule has 1 fully saturated rings. The van der Waals surface area contributed by atoms with Crippen LogP contribution in [0, 0.1) is 0 Å². The van der Waals surface area contributed by atoms with Crippen molar-refractivity contribution in [2.24, 2.45) is 5.73 Å². The number of nitrogens with zero attached hydrogens (tertiary/aromatic N) is 2. The number of amides is 5. The van der Waals surface area contributed by atoms with E-state index in [1.807, 2.05) is 6.92 Å². The summed E-state index contributed by atoms with van der Waals surface area (Å²) in [6, 6.07) is 2.87. The van der Waals surface area contributed by atoms with Gasteiger partial charge in [-0.1, -0.05) is 30.1 Å². The van der Waals surface area contributed by atoms with E-state index in [-0.39, 0.29) is 22.3 Å². The lowest BCUT2D eigenvalue weighted by Crippen LogP contribution is -2.69. The maximum atomic E-state index is 13.2. The summed E-state index contributed by atoms with van der Waals surface area (Å²) in [5, 5.41) is 0.570. The third-order valence-electron chi connectivity index (χ3n) is 4.31. The third-order valence-corrected chi connectivity index (χ3v) is 6.07. The molecule has 2 N–H and O–H groups in total. The molecule has 1 aromatic rings. The second-order valence-electron chi connectivity index (χ2n) is 6.40. The number of urea groups is 2. The molecule has 1 saturated heterocycles. The van der Waals surface area contributed by atoms with Crippen LogP contribution in [0.15, 0.2) is 18.2 Å². The van der Waals surface area contributed by atoms with Crippen molar-refractivity contribution in [3.8, 4) is 0 Å². The number of nitrogens with two attached hydrogens (primary N) is 1. The van der Waals surface area contributed by atoms with Crippen molar-refractivity contribution in [1.82, 2.24) is 0 Å². The van der Waals surface area contributed by atoms with E-state index in [1.165, 1.54) is 18.2 Å². The molecule has 1 atom stereocenters. The Morgan fingerprint density at radius 2 is 1.84 bits per heavy atom. The summed E-state index contributed by atoms with van der Waals surface area (Å²) in [4.78, 5) is 39.1. The number of quaternary nitrogens is 1. The average Bonchev–Trinajstić information content (AvgIpc) is 2.76. The normalized spacial score (nSPS) is 21.1. The molecule has 0 bridgehead atoms. The first-order valence-electron chi connectivity index (χ1n) is 7.66. The van der Waals surface area contributed by atoms with Crippen LogP contribution in [0.5, 0.6) is 0 Å². The lowest BCUT2D eigenvalue weighted by molar-refractivity contribution is -0.803. The van der Waals surface area contributed by atoms with Crippen molar-refractivity contribution in [1.29, 1.82) is 0 Å². The molecule has 0 radical (unpaired) electrons. The van der Waals surface area contributed by atoms with Crippen LogP contribution in [0.3, 0.4) is 0 Å². The minimum Gasteiger partial charge on any atom is -0.318 e.